The average Bonchev–Trinajstić information content (AvgIpc) is 3.09. The number of rotatable bonds is 3. The molecule has 2 N–H and O–H groups in total. The molecule has 0 unspecified atom stereocenters. The molecule has 3 nitrogen and oxygen atoms in total. The number of anilines is 1. The molecule has 6 heteroatoms. The molecule has 0 aliphatic heterocycles. The fraction of sp³-hybridized carbons (Fsp3) is 0.364. The van der Waals surface area contributed by atoms with Gasteiger partial charge in [0.1, 0.15) is 6.61 Å². The van der Waals surface area contributed by atoms with E-state index in [0.717, 1.165) is 12.8 Å². The van der Waals surface area contributed by atoms with Gasteiger partial charge in [0, 0.05) is 5.56 Å². The number of halogens is 3. The summed E-state index contributed by atoms with van der Waals surface area (Å²) in [5.74, 6) is -1.10. The maximum Gasteiger partial charge on any atom is 0.309 e. The Bertz CT molecular complexity index is 475. The van der Waals surface area contributed by atoms with E-state index in [9.17, 15) is 9.18 Å². The van der Waals surface area contributed by atoms with Gasteiger partial charge in [-0.3, -0.25) is 4.79 Å². The molecule has 92 valence electrons. The maximum absolute atomic E-state index is 13.7. The van der Waals surface area contributed by atoms with Crippen LogP contribution in [0.25, 0.3) is 0 Å². The molecule has 0 radical (unpaired) electrons. The minimum absolute atomic E-state index is 0.0403. The first kappa shape index (κ1) is 12.5. The van der Waals surface area contributed by atoms with Crippen molar-refractivity contribution in [2.75, 3.05) is 5.73 Å². The second-order valence-corrected chi connectivity index (χ2v) is 4.74. The van der Waals surface area contributed by atoms with Crippen molar-refractivity contribution in [3.05, 3.63) is 27.5 Å². The summed E-state index contributed by atoms with van der Waals surface area (Å²) in [6, 6.07) is 1.34. The lowest BCUT2D eigenvalue weighted by molar-refractivity contribution is -0.146. The number of hydrogen-bond acceptors (Lipinski definition) is 3. The molecule has 17 heavy (non-hydrogen) atoms. The molecule has 0 bridgehead atoms. The largest absolute Gasteiger partial charge is 0.460 e. The fourth-order valence-electron chi connectivity index (χ4n) is 1.36. The number of esters is 1. The van der Waals surface area contributed by atoms with E-state index in [1.54, 1.807) is 0 Å². The maximum atomic E-state index is 13.7. The van der Waals surface area contributed by atoms with Crippen LogP contribution in [0.1, 0.15) is 18.4 Å². The fourth-order valence-corrected chi connectivity index (χ4v) is 1.86. The molecule has 0 spiro atoms. The predicted molar refractivity (Wildman–Crippen MR) is 63.4 cm³/mol. The molecule has 0 atom stereocenters. The number of carbonyl (C=O) groups excluding carboxylic acids is 1. The van der Waals surface area contributed by atoms with Crippen molar-refractivity contribution in [2.24, 2.45) is 5.92 Å². The van der Waals surface area contributed by atoms with E-state index in [-0.39, 0.29) is 39.8 Å². The molecule has 1 aliphatic carbocycles. The van der Waals surface area contributed by atoms with E-state index in [1.807, 2.05) is 0 Å². The van der Waals surface area contributed by atoms with Crippen molar-refractivity contribution in [1.29, 1.82) is 0 Å². The van der Waals surface area contributed by atoms with Crippen LogP contribution in [-0.2, 0) is 16.1 Å². The van der Waals surface area contributed by atoms with Crippen molar-refractivity contribution in [2.45, 2.75) is 19.4 Å². The quantitative estimate of drug-likeness (QED) is 0.682. The Labute approximate surface area is 108 Å². The van der Waals surface area contributed by atoms with Gasteiger partial charge in [-0.05, 0) is 18.9 Å². The highest BCUT2D eigenvalue weighted by Gasteiger charge is 2.31. The Morgan fingerprint density at radius 2 is 2.12 bits per heavy atom. The highest BCUT2D eigenvalue weighted by molar-refractivity contribution is 6.36. The Balaban J connectivity index is 2.14. The van der Waals surface area contributed by atoms with E-state index in [0.29, 0.717) is 0 Å². The first-order valence-electron chi connectivity index (χ1n) is 5.09. The highest BCUT2D eigenvalue weighted by atomic mass is 35.5. The number of ether oxygens (including phenoxy) is 1. The monoisotopic (exact) mass is 277 g/mol. The van der Waals surface area contributed by atoms with Crippen molar-refractivity contribution in [3.63, 3.8) is 0 Å². The summed E-state index contributed by atoms with van der Waals surface area (Å²) in [6.45, 7) is -0.221. The van der Waals surface area contributed by atoms with E-state index in [2.05, 4.69) is 0 Å². The smallest absolute Gasteiger partial charge is 0.309 e. The minimum Gasteiger partial charge on any atom is -0.460 e. The van der Waals surface area contributed by atoms with Crippen molar-refractivity contribution in [1.82, 2.24) is 0 Å². The highest BCUT2D eigenvalue weighted by Crippen LogP contribution is 2.33. The SMILES string of the molecule is Nc1c(Cl)cc(Cl)c(COC(=O)C2CC2)c1F. The average molecular weight is 278 g/mol. The molecule has 0 amide bonds. The van der Waals surface area contributed by atoms with Crippen molar-refractivity contribution >= 4 is 34.9 Å². The number of benzene rings is 1. The zero-order valence-electron chi connectivity index (χ0n) is 8.80. The van der Waals surface area contributed by atoms with Gasteiger partial charge in [0.2, 0.25) is 0 Å². The molecule has 1 aromatic carbocycles. The molecule has 1 fully saturated rings. The summed E-state index contributed by atoms with van der Waals surface area (Å²) in [5, 5.41) is 0.148. The first-order chi connectivity index (χ1) is 8.00. The van der Waals surface area contributed by atoms with Crippen LogP contribution >= 0.6 is 23.2 Å². The van der Waals surface area contributed by atoms with Crippen LogP contribution in [0.4, 0.5) is 10.1 Å². The third-order valence-electron chi connectivity index (χ3n) is 2.57. The third kappa shape index (κ3) is 2.64. The summed E-state index contributed by atoms with van der Waals surface area (Å²) in [6.07, 6.45) is 1.66. The van der Waals surface area contributed by atoms with E-state index < -0.39 is 5.82 Å². The molecule has 2 rings (SSSR count). The number of nitrogen functional groups attached to an aromatic ring is 1. The zero-order valence-corrected chi connectivity index (χ0v) is 10.3. The first-order valence-corrected chi connectivity index (χ1v) is 5.84. The minimum atomic E-state index is -0.730. The lowest BCUT2D eigenvalue weighted by Gasteiger charge is -2.10. The molecule has 0 heterocycles. The normalized spacial score (nSPS) is 14.8. The van der Waals surface area contributed by atoms with Gasteiger partial charge in [0.25, 0.3) is 0 Å². The van der Waals surface area contributed by atoms with Gasteiger partial charge in [-0.2, -0.15) is 0 Å². The molecular formula is C11H10Cl2FNO2. The van der Waals surface area contributed by atoms with Gasteiger partial charge in [0.05, 0.1) is 21.7 Å². The molecule has 1 aliphatic rings. The molecule has 0 aromatic heterocycles. The lowest BCUT2D eigenvalue weighted by atomic mass is 10.2. The number of hydrogen-bond donors (Lipinski definition) is 1. The van der Waals surface area contributed by atoms with E-state index >= 15 is 0 Å². The Hall–Kier alpha value is -1.00. The van der Waals surface area contributed by atoms with Gasteiger partial charge in [0.15, 0.2) is 5.82 Å². The third-order valence-corrected chi connectivity index (χ3v) is 3.22. The topological polar surface area (TPSA) is 52.3 Å². The van der Waals surface area contributed by atoms with Gasteiger partial charge in [-0.1, -0.05) is 23.2 Å². The van der Waals surface area contributed by atoms with Crippen LogP contribution in [0.3, 0.4) is 0 Å². The van der Waals surface area contributed by atoms with Crippen LogP contribution in [-0.4, -0.2) is 5.97 Å². The summed E-state index contributed by atoms with van der Waals surface area (Å²) in [4.78, 5) is 11.3. The van der Waals surface area contributed by atoms with Crippen molar-refractivity contribution in [3.8, 4) is 0 Å². The second-order valence-electron chi connectivity index (χ2n) is 3.93. The summed E-state index contributed by atoms with van der Waals surface area (Å²) >= 11 is 11.5. The van der Waals surface area contributed by atoms with Gasteiger partial charge < -0.3 is 10.5 Å². The standard InChI is InChI=1S/C11H10Cl2FNO2/c12-7-3-8(13)10(15)9(14)6(7)4-17-11(16)5-1-2-5/h3,5H,1-2,4,15H2. The number of nitrogens with two attached hydrogens (primary N) is 1. The molecule has 0 saturated heterocycles. The van der Waals surface area contributed by atoms with Crippen LogP contribution in [0.15, 0.2) is 6.07 Å². The second kappa shape index (κ2) is 4.70. The Morgan fingerprint density at radius 3 is 2.71 bits per heavy atom. The molecular weight excluding hydrogens is 268 g/mol. The lowest BCUT2D eigenvalue weighted by Crippen LogP contribution is -2.08. The van der Waals surface area contributed by atoms with Crippen LogP contribution < -0.4 is 5.73 Å². The zero-order chi connectivity index (χ0) is 12.6. The molecule has 1 saturated carbocycles. The van der Waals surface area contributed by atoms with Gasteiger partial charge >= 0.3 is 5.97 Å². The summed E-state index contributed by atoms with van der Waals surface area (Å²) in [7, 11) is 0. The molecule has 1 aromatic rings. The Kier molecular flexibility index (Phi) is 3.45. The van der Waals surface area contributed by atoms with Gasteiger partial charge in [-0.15, -0.1) is 0 Å². The predicted octanol–water partition coefficient (Wildman–Crippen LogP) is 3.17. The van der Waals surface area contributed by atoms with E-state index in [1.165, 1.54) is 6.07 Å². The summed E-state index contributed by atoms with van der Waals surface area (Å²) in [5.41, 5.74) is 5.30. The van der Waals surface area contributed by atoms with Crippen LogP contribution in [0.2, 0.25) is 10.0 Å². The summed E-state index contributed by atoms with van der Waals surface area (Å²) < 4.78 is 18.7. The van der Waals surface area contributed by atoms with Gasteiger partial charge in [-0.25, -0.2) is 4.39 Å². The Morgan fingerprint density at radius 1 is 1.47 bits per heavy atom. The van der Waals surface area contributed by atoms with Crippen LogP contribution in [0, 0.1) is 11.7 Å². The van der Waals surface area contributed by atoms with Crippen LogP contribution in [0.5, 0.6) is 0 Å². The number of carbonyl (C=O) groups is 1. The van der Waals surface area contributed by atoms with E-state index in [4.69, 9.17) is 33.7 Å². The van der Waals surface area contributed by atoms with Crippen molar-refractivity contribution < 1.29 is 13.9 Å².